The molecule has 8 heteroatoms. The van der Waals surface area contributed by atoms with Crippen LogP contribution < -0.4 is 5.32 Å². The summed E-state index contributed by atoms with van der Waals surface area (Å²) >= 11 is 5.60. The van der Waals surface area contributed by atoms with Crippen LogP contribution in [0.5, 0.6) is 0 Å². The Bertz CT molecular complexity index is 578. The fourth-order valence-electron chi connectivity index (χ4n) is 1.57. The van der Waals surface area contributed by atoms with E-state index < -0.39 is 21.7 Å². The Kier molecular flexibility index (Phi) is 6.57. The number of carbonyl (C=O) groups excluding carboxylic acids is 1. The standard InChI is InChI=1S/C13H18ClFN2O3S/c1-10(7-14)9-21(19,20)17(2)8-13(18)16-12-5-3-11(15)4-6-12/h3-6,10H,7-9H2,1-2H3,(H,16,18). The van der Waals surface area contributed by atoms with Crippen molar-refractivity contribution in [2.24, 2.45) is 5.92 Å². The molecule has 0 aliphatic rings. The zero-order valence-electron chi connectivity index (χ0n) is 11.8. The fraction of sp³-hybridized carbons (Fsp3) is 0.462. The number of hydrogen-bond acceptors (Lipinski definition) is 3. The number of carbonyl (C=O) groups is 1. The normalized spacial score (nSPS) is 13.2. The third-order valence-corrected chi connectivity index (χ3v) is 5.32. The molecule has 1 aromatic rings. The van der Waals surface area contributed by atoms with Crippen LogP contribution in [-0.4, -0.2) is 43.9 Å². The molecule has 0 saturated heterocycles. The Morgan fingerprint density at radius 2 is 1.95 bits per heavy atom. The number of rotatable bonds is 7. The van der Waals surface area contributed by atoms with E-state index in [-0.39, 0.29) is 24.1 Å². The van der Waals surface area contributed by atoms with Gasteiger partial charge in [0.15, 0.2) is 0 Å². The summed E-state index contributed by atoms with van der Waals surface area (Å²) in [6.07, 6.45) is 0. The number of halogens is 2. The van der Waals surface area contributed by atoms with Crippen molar-refractivity contribution < 1.29 is 17.6 Å². The van der Waals surface area contributed by atoms with Crippen LogP contribution in [0.3, 0.4) is 0 Å². The minimum absolute atomic E-state index is 0.114. The molecule has 0 aliphatic carbocycles. The van der Waals surface area contributed by atoms with Crippen LogP contribution in [0.15, 0.2) is 24.3 Å². The Hall–Kier alpha value is -1.18. The second-order valence-corrected chi connectivity index (χ2v) is 7.28. The highest BCUT2D eigenvalue weighted by Gasteiger charge is 2.22. The maximum absolute atomic E-state index is 12.7. The van der Waals surface area contributed by atoms with Gasteiger partial charge in [-0.15, -0.1) is 11.6 Å². The summed E-state index contributed by atoms with van der Waals surface area (Å²) in [7, 11) is -2.20. The first-order chi connectivity index (χ1) is 9.74. The van der Waals surface area contributed by atoms with E-state index in [1.54, 1.807) is 6.92 Å². The number of benzene rings is 1. The first-order valence-corrected chi connectivity index (χ1v) is 8.44. The number of likely N-dealkylation sites (N-methyl/N-ethyl adjacent to an activating group) is 1. The number of anilines is 1. The van der Waals surface area contributed by atoms with Gasteiger partial charge in [-0.3, -0.25) is 4.79 Å². The van der Waals surface area contributed by atoms with Crippen molar-refractivity contribution in [3.63, 3.8) is 0 Å². The van der Waals surface area contributed by atoms with E-state index >= 15 is 0 Å². The van der Waals surface area contributed by atoms with Crippen LogP contribution in [0, 0.1) is 11.7 Å². The monoisotopic (exact) mass is 336 g/mol. The molecule has 0 fully saturated rings. The predicted octanol–water partition coefficient (Wildman–Crippen LogP) is 1.90. The highest BCUT2D eigenvalue weighted by molar-refractivity contribution is 7.89. The molecule has 1 rings (SSSR count). The lowest BCUT2D eigenvalue weighted by Gasteiger charge is -2.18. The van der Waals surface area contributed by atoms with Crippen LogP contribution in [-0.2, 0) is 14.8 Å². The van der Waals surface area contributed by atoms with Crippen molar-refractivity contribution in [3.05, 3.63) is 30.1 Å². The molecule has 0 bridgehead atoms. The molecule has 0 saturated carbocycles. The summed E-state index contributed by atoms with van der Waals surface area (Å²) in [4.78, 5) is 11.8. The molecule has 0 aromatic heterocycles. The maximum atomic E-state index is 12.7. The Morgan fingerprint density at radius 3 is 2.48 bits per heavy atom. The van der Waals surface area contributed by atoms with Crippen molar-refractivity contribution >= 4 is 33.2 Å². The zero-order valence-corrected chi connectivity index (χ0v) is 13.4. The van der Waals surface area contributed by atoms with Crippen molar-refractivity contribution in [3.8, 4) is 0 Å². The topological polar surface area (TPSA) is 66.5 Å². The number of hydrogen-bond donors (Lipinski definition) is 1. The van der Waals surface area contributed by atoms with E-state index in [1.807, 2.05) is 0 Å². The number of nitrogens with one attached hydrogen (secondary N) is 1. The van der Waals surface area contributed by atoms with Crippen LogP contribution in [0.25, 0.3) is 0 Å². The van der Waals surface area contributed by atoms with Crippen LogP contribution in [0.2, 0.25) is 0 Å². The van der Waals surface area contributed by atoms with E-state index in [2.05, 4.69) is 5.32 Å². The molecule has 118 valence electrons. The van der Waals surface area contributed by atoms with Crippen molar-refractivity contribution in [1.82, 2.24) is 4.31 Å². The largest absolute Gasteiger partial charge is 0.325 e. The van der Waals surface area contributed by atoms with E-state index in [0.717, 1.165) is 4.31 Å². The third kappa shape index (κ3) is 5.99. The van der Waals surface area contributed by atoms with Gasteiger partial charge in [-0.2, -0.15) is 4.31 Å². The number of nitrogens with zero attached hydrogens (tertiary/aromatic N) is 1. The molecule has 0 aliphatic heterocycles. The third-order valence-electron chi connectivity index (χ3n) is 2.73. The molecule has 1 aromatic carbocycles. The SMILES string of the molecule is CC(CCl)CS(=O)(=O)N(C)CC(=O)Nc1ccc(F)cc1. The van der Waals surface area contributed by atoms with Crippen molar-refractivity contribution in [1.29, 1.82) is 0 Å². The predicted molar refractivity (Wildman–Crippen MR) is 81.3 cm³/mol. The summed E-state index contributed by atoms with van der Waals surface area (Å²) in [5.41, 5.74) is 0.404. The summed E-state index contributed by atoms with van der Waals surface area (Å²) in [5.74, 6) is -0.987. The molecule has 1 unspecified atom stereocenters. The Morgan fingerprint density at radius 1 is 1.38 bits per heavy atom. The molecule has 5 nitrogen and oxygen atoms in total. The fourth-order valence-corrected chi connectivity index (χ4v) is 3.21. The first-order valence-electron chi connectivity index (χ1n) is 6.30. The lowest BCUT2D eigenvalue weighted by atomic mass is 10.3. The lowest BCUT2D eigenvalue weighted by Crippen LogP contribution is -2.37. The van der Waals surface area contributed by atoms with Crippen LogP contribution in [0.1, 0.15) is 6.92 Å². The molecule has 1 amide bonds. The Labute approximate surface area is 129 Å². The second-order valence-electron chi connectivity index (χ2n) is 4.85. The number of alkyl halides is 1. The van der Waals surface area contributed by atoms with Gasteiger partial charge in [-0.25, -0.2) is 12.8 Å². The number of amides is 1. The summed E-state index contributed by atoms with van der Waals surface area (Å²) in [6, 6.07) is 5.21. The Balaban J connectivity index is 2.59. The molecular weight excluding hydrogens is 319 g/mol. The van der Waals surface area contributed by atoms with E-state index in [4.69, 9.17) is 11.6 Å². The zero-order chi connectivity index (χ0) is 16.0. The summed E-state index contributed by atoms with van der Waals surface area (Å²) in [6.45, 7) is 1.41. The molecule has 21 heavy (non-hydrogen) atoms. The summed E-state index contributed by atoms with van der Waals surface area (Å²) in [5, 5.41) is 2.50. The molecule has 0 heterocycles. The van der Waals surface area contributed by atoms with Gasteiger partial charge in [0.1, 0.15) is 5.82 Å². The highest BCUT2D eigenvalue weighted by atomic mass is 35.5. The van der Waals surface area contributed by atoms with E-state index in [1.165, 1.54) is 31.3 Å². The first kappa shape index (κ1) is 17.9. The molecule has 1 N–H and O–H groups in total. The van der Waals surface area contributed by atoms with Gasteiger partial charge in [0.05, 0.1) is 12.3 Å². The molecule has 0 radical (unpaired) electrons. The average molecular weight is 337 g/mol. The van der Waals surface area contributed by atoms with Crippen molar-refractivity contribution in [2.45, 2.75) is 6.92 Å². The quantitative estimate of drug-likeness (QED) is 0.773. The van der Waals surface area contributed by atoms with E-state index in [0.29, 0.717) is 5.69 Å². The minimum atomic E-state index is -3.54. The van der Waals surface area contributed by atoms with Crippen LogP contribution >= 0.6 is 11.6 Å². The van der Waals surface area contributed by atoms with Crippen molar-refractivity contribution in [2.75, 3.05) is 30.5 Å². The molecule has 1 atom stereocenters. The van der Waals surface area contributed by atoms with Crippen LogP contribution in [0.4, 0.5) is 10.1 Å². The number of sulfonamides is 1. The van der Waals surface area contributed by atoms with Gasteiger partial charge in [-0.05, 0) is 30.2 Å². The van der Waals surface area contributed by atoms with Gasteiger partial charge in [-0.1, -0.05) is 6.92 Å². The maximum Gasteiger partial charge on any atom is 0.239 e. The molecule has 0 spiro atoms. The van der Waals surface area contributed by atoms with E-state index in [9.17, 15) is 17.6 Å². The van der Waals surface area contributed by atoms with Gasteiger partial charge in [0, 0.05) is 18.6 Å². The second kappa shape index (κ2) is 7.72. The minimum Gasteiger partial charge on any atom is -0.325 e. The molecular formula is C13H18ClFN2O3S. The van der Waals surface area contributed by atoms with Gasteiger partial charge in [0.2, 0.25) is 15.9 Å². The highest BCUT2D eigenvalue weighted by Crippen LogP contribution is 2.10. The van der Waals surface area contributed by atoms with Gasteiger partial charge >= 0.3 is 0 Å². The average Bonchev–Trinajstić information content (AvgIpc) is 2.40. The lowest BCUT2D eigenvalue weighted by molar-refractivity contribution is -0.116. The van der Waals surface area contributed by atoms with Gasteiger partial charge in [0.25, 0.3) is 0 Å². The summed E-state index contributed by atoms with van der Waals surface area (Å²) < 4.78 is 37.7. The van der Waals surface area contributed by atoms with Gasteiger partial charge < -0.3 is 5.32 Å². The smallest absolute Gasteiger partial charge is 0.239 e.